The lowest BCUT2D eigenvalue weighted by Gasteiger charge is -2.11. The fourth-order valence-corrected chi connectivity index (χ4v) is 1.83. The molecule has 0 spiro atoms. The van der Waals surface area contributed by atoms with Gasteiger partial charge in [-0.2, -0.15) is 0 Å². The van der Waals surface area contributed by atoms with Gasteiger partial charge in [-0.15, -0.1) is 24.0 Å². The molecule has 1 aromatic rings. The molecule has 0 atom stereocenters. The molecule has 108 valence electrons. The number of guanidine groups is 1. The van der Waals surface area contributed by atoms with Crippen LogP contribution in [0.1, 0.15) is 12.5 Å². The van der Waals surface area contributed by atoms with Gasteiger partial charge in [0.25, 0.3) is 0 Å². The third-order valence-electron chi connectivity index (χ3n) is 2.51. The molecule has 0 amide bonds. The fraction of sp³-hybridized carbons (Fsp3) is 0.462. The summed E-state index contributed by atoms with van der Waals surface area (Å²) in [4.78, 5) is 4.10. The molecular formula is C13H21ClIN3O. The predicted octanol–water partition coefficient (Wildman–Crippen LogP) is 2.69. The molecule has 1 rings (SSSR count). The van der Waals surface area contributed by atoms with Crippen LogP contribution in [-0.4, -0.2) is 33.2 Å². The maximum absolute atomic E-state index is 6.16. The molecule has 0 aliphatic rings. The van der Waals surface area contributed by atoms with Gasteiger partial charge in [-0.3, -0.25) is 4.99 Å². The molecular weight excluding hydrogens is 377 g/mol. The first-order chi connectivity index (χ1) is 8.71. The van der Waals surface area contributed by atoms with Gasteiger partial charge in [0.05, 0.1) is 7.11 Å². The second kappa shape index (κ2) is 10.1. The van der Waals surface area contributed by atoms with Crippen LogP contribution >= 0.6 is 35.6 Å². The highest BCUT2D eigenvalue weighted by Gasteiger charge is 2.02. The molecule has 0 unspecified atom stereocenters. The topological polar surface area (TPSA) is 45.7 Å². The van der Waals surface area contributed by atoms with Crippen molar-refractivity contribution < 1.29 is 4.74 Å². The number of benzene rings is 1. The van der Waals surface area contributed by atoms with Crippen molar-refractivity contribution in [1.82, 2.24) is 10.6 Å². The van der Waals surface area contributed by atoms with E-state index in [4.69, 9.17) is 16.3 Å². The van der Waals surface area contributed by atoms with Crippen LogP contribution < -0.4 is 15.4 Å². The van der Waals surface area contributed by atoms with E-state index in [9.17, 15) is 0 Å². The molecule has 1 aromatic carbocycles. The SMILES string of the molecule is CCNC(=NC)NCCc1ccc(OC)cc1Cl.I. The summed E-state index contributed by atoms with van der Waals surface area (Å²) < 4.78 is 5.11. The van der Waals surface area contributed by atoms with Crippen molar-refractivity contribution in [3.05, 3.63) is 28.8 Å². The summed E-state index contributed by atoms with van der Waals surface area (Å²) >= 11 is 6.16. The van der Waals surface area contributed by atoms with E-state index in [2.05, 4.69) is 15.6 Å². The number of nitrogens with one attached hydrogen (secondary N) is 2. The Morgan fingerprint density at radius 3 is 2.63 bits per heavy atom. The third kappa shape index (κ3) is 6.33. The van der Waals surface area contributed by atoms with Gasteiger partial charge < -0.3 is 15.4 Å². The molecule has 0 fully saturated rings. The number of rotatable bonds is 5. The smallest absolute Gasteiger partial charge is 0.190 e. The Morgan fingerprint density at radius 1 is 1.37 bits per heavy atom. The van der Waals surface area contributed by atoms with Gasteiger partial charge >= 0.3 is 0 Å². The van der Waals surface area contributed by atoms with Crippen molar-refractivity contribution in [3.8, 4) is 5.75 Å². The fourth-order valence-electron chi connectivity index (χ4n) is 1.56. The number of methoxy groups -OCH3 is 1. The molecule has 0 aromatic heterocycles. The van der Waals surface area contributed by atoms with Gasteiger partial charge in [0.15, 0.2) is 5.96 Å². The average Bonchev–Trinajstić information content (AvgIpc) is 2.39. The lowest BCUT2D eigenvalue weighted by molar-refractivity contribution is 0.414. The number of halogens is 2. The second-order valence-electron chi connectivity index (χ2n) is 3.74. The van der Waals surface area contributed by atoms with Crippen LogP contribution in [-0.2, 0) is 6.42 Å². The minimum absolute atomic E-state index is 0. The molecule has 0 bridgehead atoms. The summed E-state index contributed by atoms with van der Waals surface area (Å²) in [5.74, 6) is 1.59. The Labute approximate surface area is 137 Å². The van der Waals surface area contributed by atoms with Gasteiger partial charge in [-0.25, -0.2) is 0 Å². The Bertz CT molecular complexity index is 413. The molecule has 19 heavy (non-hydrogen) atoms. The number of aliphatic imine (C=N–C) groups is 1. The molecule has 4 nitrogen and oxygen atoms in total. The molecule has 0 saturated heterocycles. The van der Waals surface area contributed by atoms with E-state index in [0.29, 0.717) is 0 Å². The summed E-state index contributed by atoms with van der Waals surface area (Å²) in [6.45, 7) is 3.67. The van der Waals surface area contributed by atoms with Crippen molar-refractivity contribution in [2.45, 2.75) is 13.3 Å². The van der Waals surface area contributed by atoms with Crippen molar-refractivity contribution >= 4 is 41.5 Å². The highest BCUT2D eigenvalue weighted by atomic mass is 127. The average molecular weight is 398 g/mol. The van der Waals surface area contributed by atoms with E-state index in [1.165, 1.54) is 0 Å². The number of hydrogen-bond donors (Lipinski definition) is 2. The molecule has 0 saturated carbocycles. The van der Waals surface area contributed by atoms with Gasteiger partial charge in [0, 0.05) is 25.2 Å². The number of nitrogens with zero attached hydrogens (tertiary/aromatic N) is 1. The molecule has 0 radical (unpaired) electrons. The van der Waals surface area contributed by atoms with Gasteiger partial charge in [-0.05, 0) is 31.0 Å². The van der Waals surface area contributed by atoms with Crippen LogP contribution in [0.2, 0.25) is 5.02 Å². The number of ether oxygens (including phenoxy) is 1. The van der Waals surface area contributed by atoms with Crippen molar-refractivity contribution in [1.29, 1.82) is 0 Å². The zero-order valence-electron chi connectivity index (χ0n) is 11.5. The minimum Gasteiger partial charge on any atom is -0.497 e. The summed E-state index contributed by atoms with van der Waals surface area (Å²) in [6.07, 6.45) is 0.841. The lowest BCUT2D eigenvalue weighted by Crippen LogP contribution is -2.38. The molecule has 6 heteroatoms. The first-order valence-corrected chi connectivity index (χ1v) is 6.36. The van der Waals surface area contributed by atoms with E-state index in [1.807, 2.05) is 25.1 Å². The van der Waals surface area contributed by atoms with Crippen LogP contribution in [0.5, 0.6) is 5.75 Å². The van der Waals surface area contributed by atoms with Crippen molar-refractivity contribution in [2.24, 2.45) is 4.99 Å². The first-order valence-electron chi connectivity index (χ1n) is 5.98. The van der Waals surface area contributed by atoms with Crippen LogP contribution in [0.25, 0.3) is 0 Å². The summed E-state index contributed by atoms with van der Waals surface area (Å²) in [5.41, 5.74) is 1.09. The van der Waals surface area contributed by atoms with Crippen LogP contribution in [0.4, 0.5) is 0 Å². The highest BCUT2D eigenvalue weighted by molar-refractivity contribution is 14.0. The lowest BCUT2D eigenvalue weighted by atomic mass is 10.1. The van der Waals surface area contributed by atoms with E-state index >= 15 is 0 Å². The van der Waals surface area contributed by atoms with Gasteiger partial charge in [-0.1, -0.05) is 17.7 Å². The summed E-state index contributed by atoms with van der Waals surface area (Å²) in [5, 5.41) is 7.09. The maximum Gasteiger partial charge on any atom is 0.190 e. The number of hydrogen-bond acceptors (Lipinski definition) is 2. The Kier molecular flexibility index (Phi) is 9.77. The molecule has 0 heterocycles. The van der Waals surface area contributed by atoms with Gasteiger partial charge in [0.1, 0.15) is 5.75 Å². The molecule has 0 aliphatic heterocycles. The summed E-state index contributed by atoms with van der Waals surface area (Å²) in [6, 6.07) is 5.73. The Morgan fingerprint density at radius 2 is 2.11 bits per heavy atom. The zero-order chi connectivity index (χ0) is 13.4. The second-order valence-corrected chi connectivity index (χ2v) is 4.14. The van der Waals surface area contributed by atoms with E-state index in [-0.39, 0.29) is 24.0 Å². The predicted molar refractivity (Wildman–Crippen MR) is 92.2 cm³/mol. The minimum atomic E-state index is 0. The van der Waals surface area contributed by atoms with E-state index in [0.717, 1.165) is 41.8 Å². The van der Waals surface area contributed by atoms with Gasteiger partial charge in [0.2, 0.25) is 0 Å². The summed E-state index contributed by atoms with van der Waals surface area (Å²) in [7, 11) is 3.39. The Balaban J connectivity index is 0.00000324. The third-order valence-corrected chi connectivity index (χ3v) is 2.87. The Hall–Kier alpha value is -0.690. The quantitative estimate of drug-likeness (QED) is 0.456. The van der Waals surface area contributed by atoms with Crippen LogP contribution in [0.15, 0.2) is 23.2 Å². The zero-order valence-corrected chi connectivity index (χ0v) is 14.6. The van der Waals surface area contributed by atoms with Crippen LogP contribution in [0.3, 0.4) is 0 Å². The highest BCUT2D eigenvalue weighted by Crippen LogP contribution is 2.22. The van der Waals surface area contributed by atoms with Crippen LogP contribution in [0, 0.1) is 0 Å². The van der Waals surface area contributed by atoms with Crippen molar-refractivity contribution in [2.75, 3.05) is 27.2 Å². The largest absolute Gasteiger partial charge is 0.497 e. The maximum atomic E-state index is 6.16. The molecule has 2 N–H and O–H groups in total. The molecule has 0 aliphatic carbocycles. The normalized spacial score (nSPS) is 10.6. The van der Waals surface area contributed by atoms with E-state index < -0.39 is 0 Å². The first kappa shape index (κ1) is 18.3. The van der Waals surface area contributed by atoms with Crippen molar-refractivity contribution in [3.63, 3.8) is 0 Å². The monoisotopic (exact) mass is 397 g/mol. The standard InChI is InChI=1S/C13H20ClN3O.HI/c1-4-16-13(15-2)17-8-7-10-5-6-11(18-3)9-12(10)14;/h5-6,9H,4,7-8H2,1-3H3,(H2,15,16,17);1H. The van der Waals surface area contributed by atoms with E-state index in [1.54, 1.807) is 14.2 Å².